The van der Waals surface area contributed by atoms with Gasteiger partial charge in [0.25, 0.3) is 0 Å². The number of methoxy groups -OCH3 is 1. The lowest BCUT2D eigenvalue weighted by molar-refractivity contribution is -0.122. The number of carbonyl (C=O) groups is 1. The first-order valence-electron chi connectivity index (χ1n) is 11.0. The summed E-state index contributed by atoms with van der Waals surface area (Å²) >= 11 is 0. The quantitative estimate of drug-likeness (QED) is 0.592. The van der Waals surface area contributed by atoms with Crippen LogP contribution in [0.1, 0.15) is 43.2 Å². The van der Waals surface area contributed by atoms with Gasteiger partial charge in [0.15, 0.2) is 0 Å². The number of hydrogen-bond donors (Lipinski definition) is 1. The van der Waals surface area contributed by atoms with E-state index in [0.29, 0.717) is 19.1 Å². The molecule has 0 atom stereocenters. The molecule has 0 bridgehead atoms. The number of rotatable bonds is 10. The summed E-state index contributed by atoms with van der Waals surface area (Å²) in [6.45, 7) is 5.65. The van der Waals surface area contributed by atoms with Crippen molar-refractivity contribution < 1.29 is 14.3 Å². The summed E-state index contributed by atoms with van der Waals surface area (Å²) in [7, 11) is 1.70. The van der Waals surface area contributed by atoms with Crippen molar-refractivity contribution in [1.29, 1.82) is 0 Å². The largest absolute Gasteiger partial charge is 0.497 e. The number of unbranched alkanes of at least 4 members (excludes halogenated alkanes) is 1. The molecule has 0 aromatic heterocycles. The summed E-state index contributed by atoms with van der Waals surface area (Å²) in [5.74, 6) is 1.97. The van der Waals surface area contributed by atoms with Crippen LogP contribution in [0.15, 0.2) is 48.5 Å². The van der Waals surface area contributed by atoms with E-state index in [1.54, 1.807) is 7.11 Å². The van der Waals surface area contributed by atoms with Crippen LogP contribution in [0.3, 0.4) is 0 Å². The van der Waals surface area contributed by atoms with Gasteiger partial charge in [-0.05, 0) is 68.0 Å². The van der Waals surface area contributed by atoms with E-state index in [9.17, 15) is 4.79 Å². The van der Waals surface area contributed by atoms with E-state index in [0.717, 1.165) is 56.8 Å². The van der Waals surface area contributed by atoms with Gasteiger partial charge >= 0.3 is 0 Å². The summed E-state index contributed by atoms with van der Waals surface area (Å²) in [5.41, 5.74) is 2.46. The van der Waals surface area contributed by atoms with Crippen LogP contribution in [0.2, 0.25) is 0 Å². The predicted octanol–water partition coefficient (Wildman–Crippen LogP) is 4.33. The number of nitrogens with one attached hydrogen (secondary N) is 1. The molecule has 5 nitrogen and oxygen atoms in total. The minimum absolute atomic E-state index is 0.164. The lowest BCUT2D eigenvalue weighted by Gasteiger charge is -2.32. The number of carbonyl (C=O) groups excluding carboxylic acids is 1. The summed E-state index contributed by atoms with van der Waals surface area (Å²) in [5, 5.41) is 3.21. The van der Waals surface area contributed by atoms with Gasteiger partial charge < -0.3 is 14.8 Å². The number of amides is 1. The number of hydrogen-bond acceptors (Lipinski definition) is 4. The smallest absolute Gasteiger partial charge is 0.220 e. The van der Waals surface area contributed by atoms with Crippen molar-refractivity contribution in [2.45, 2.75) is 51.6 Å². The molecule has 1 amide bonds. The topological polar surface area (TPSA) is 50.8 Å². The third kappa shape index (κ3) is 7.38. The van der Waals surface area contributed by atoms with E-state index in [2.05, 4.69) is 35.3 Å². The van der Waals surface area contributed by atoms with Crippen molar-refractivity contribution >= 4 is 5.91 Å². The molecule has 1 N–H and O–H groups in total. The van der Waals surface area contributed by atoms with E-state index in [1.165, 1.54) is 11.1 Å². The van der Waals surface area contributed by atoms with Crippen LogP contribution in [0.4, 0.5) is 0 Å². The molecule has 1 saturated heterocycles. The van der Waals surface area contributed by atoms with Gasteiger partial charge in [0.2, 0.25) is 5.91 Å². The molecule has 1 fully saturated rings. The molecular weight excluding hydrogens is 376 g/mol. The SMILES string of the molecule is COc1cccc(CN2CCC(NC(=O)CCCCOc3cccc(C)c3)CC2)c1. The molecular formula is C25H34N2O3. The first-order valence-corrected chi connectivity index (χ1v) is 11.0. The fourth-order valence-electron chi connectivity index (χ4n) is 3.85. The fraction of sp³-hybridized carbons (Fsp3) is 0.480. The molecule has 3 rings (SSSR count). The van der Waals surface area contributed by atoms with Crippen LogP contribution in [0.25, 0.3) is 0 Å². The molecule has 1 aliphatic rings. The number of ether oxygens (including phenoxy) is 2. The Morgan fingerprint density at radius 1 is 1.07 bits per heavy atom. The predicted molar refractivity (Wildman–Crippen MR) is 120 cm³/mol. The third-order valence-electron chi connectivity index (χ3n) is 5.55. The van der Waals surface area contributed by atoms with Crippen LogP contribution in [-0.4, -0.2) is 43.7 Å². The van der Waals surface area contributed by atoms with Crippen molar-refractivity contribution in [2.24, 2.45) is 0 Å². The number of benzene rings is 2. The summed E-state index contributed by atoms with van der Waals surface area (Å²) in [4.78, 5) is 14.7. The molecule has 30 heavy (non-hydrogen) atoms. The highest BCUT2D eigenvalue weighted by molar-refractivity contribution is 5.76. The zero-order valence-corrected chi connectivity index (χ0v) is 18.2. The Morgan fingerprint density at radius 3 is 2.60 bits per heavy atom. The van der Waals surface area contributed by atoms with Gasteiger partial charge in [0, 0.05) is 32.1 Å². The fourth-order valence-corrected chi connectivity index (χ4v) is 3.85. The van der Waals surface area contributed by atoms with Crippen LogP contribution in [0.5, 0.6) is 11.5 Å². The monoisotopic (exact) mass is 410 g/mol. The Bertz CT molecular complexity index is 800. The van der Waals surface area contributed by atoms with Gasteiger partial charge in [0.05, 0.1) is 13.7 Å². The molecule has 162 valence electrons. The molecule has 5 heteroatoms. The van der Waals surface area contributed by atoms with Gasteiger partial charge in [-0.15, -0.1) is 0 Å². The molecule has 2 aromatic rings. The number of nitrogens with zero attached hydrogens (tertiary/aromatic N) is 1. The first kappa shape index (κ1) is 22.2. The van der Waals surface area contributed by atoms with Crippen molar-refractivity contribution in [2.75, 3.05) is 26.8 Å². The zero-order chi connectivity index (χ0) is 21.2. The highest BCUT2D eigenvalue weighted by atomic mass is 16.5. The number of likely N-dealkylation sites (tertiary alicyclic amines) is 1. The highest BCUT2D eigenvalue weighted by Gasteiger charge is 2.20. The average Bonchev–Trinajstić information content (AvgIpc) is 2.75. The lowest BCUT2D eigenvalue weighted by Crippen LogP contribution is -2.44. The maximum atomic E-state index is 12.3. The van der Waals surface area contributed by atoms with Gasteiger partial charge in [-0.2, -0.15) is 0 Å². The average molecular weight is 411 g/mol. The maximum Gasteiger partial charge on any atom is 0.220 e. The normalized spacial score (nSPS) is 15.0. The Kier molecular flexibility index (Phi) is 8.57. The number of aryl methyl sites for hydroxylation is 1. The Labute approximate surface area is 180 Å². The van der Waals surface area contributed by atoms with Crippen molar-refractivity contribution in [1.82, 2.24) is 10.2 Å². The zero-order valence-electron chi connectivity index (χ0n) is 18.2. The second kappa shape index (κ2) is 11.6. The summed E-state index contributed by atoms with van der Waals surface area (Å²) < 4.78 is 11.1. The Morgan fingerprint density at radius 2 is 1.83 bits per heavy atom. The summed E-state index contributed by atoms with van der Waals surface area (Å²) in [6, 6.07) is 16.6. The first-order chi connectivity index (χ1) is 14.6. The minimum Gasteiger partial charge on any atom is -0.497 e. The molecule has 0 spiro atoms. The van der Waals surface area contributed by atoms with Crippen molar-refractivity contribution in [3.8, 4) is 11.5 Å². The van der Waals surface area contributed by atoms with Gasteiger partial charge in [-0.25, -0.2) is 0 Å². The van der Waals surface area contributed by atoms with Gasteiger partial charge in [-0.3, -0.25) is 9.69 Å². The van der Waals surface area contributed by atoms with Gasteiger partial charge in [0.1, 0.15) is 11.5 Å². The molecule has 0 unspecified atom stereocenters. The third-order valence-corrected chi connectivity index (χ3v) is 5.55. The number of piperidine rings is 1. The molecule has 0 aliphatic carbocycles. The van der Waals surface area contributed by atoms with Crippen LogP contribution >= 0.6 is 0 Å². The Balaban J connectivity index is 1.27. The van der Waals surface area contributed by atoms with E-state index >= 15 is 0 Å². The van der Waals surface area contributed by atoms with Crippen molar-refractivity contribution in [3.05, 3.63) is 59.7 Å². The second-order valence-corrected chi connectivity index (χ2v) is 8.09. The highest BCUT2D eigenvalue weighted by Crippen LogP contribution is 2.18. The lowest BCUT2D eigenvalue weighted by atomic mass is 10.0. The second-order valence-electron chi connectivity index (χ2n) is 8.09. The molecule has 0 saturated carbocycles. The minimum atomic E-state index is 0.164. The summed E-state index contributed by atoms with van der Waals surface area (Å²) in [6.07, 6.45) is 4.33. The van der Waals surface area contributed by atoms with Crippen LogP contribution in [0, 0.1) is 6.92 Å². The van der Waals surface area contributed by atoms with E-state index in [4.69, 9.17) is 9.47 Å². The van der Waals surface area contributed by atoms with E-state index in [-0.39, 0.29) is 5.91 Å². The van der Waals surface area contributed by atoms with Gasteiger partial charge in [-0.1, -0.05) is 24.3 Å². The molecule has 0 radical (unpaired) electrons. The molecule has 1 heterocycles. The van der Waals surface area contributed by atoms with E-state index in [1.807, 2.05) is 30.3 Å². The van der Waals surface area contributed by atoms with Crippen molar-refractivity contribution in [3.63, 3.8) is 0 Å². The van der Waals surface area contributed by atoms with Crippen LogP contribution in [-0.2, 0) is 11.3 Å². The maximum absolute atomic E-state index is 12.3. The van der Waals surface area contributed by atoms with E-state index < -0.39 is 0 Å². The standard InChI is InChI=1S/C25H34N2O3/c1-20-7-5-10-24(17-20)30-16-4-3-11-25(28)26-22-12-14-27(15-13-22)19-21-8-6-9-23(18-21)29-2/h5-10,17-18,22H,3-4,11-16,19H2,1-2H3,(H,26,28). The Hall–Kier alpha value is -2.53. The molecule has 2 aromatic carbocycles. The van der Waals surface area contributed by atoms with Crippen LogP contribution < -0.4 is 14.8 Å². The molecule has 1 aliphatic heterocycles.